The maximum absolute atomic E-state index is 12.4. The lowest BCUT2D eigenvalue weighted by Gasteiger charge is -2.44. The number of sulfonamides is 1. The number of aromatic nitrogens is 2. The fourth-order valence-corrected chi connectivity index (χ4v) is 4.88. The summed E-state index contributed by atoms with van der Waals surface area (Å²) < 4.78 is 33.1. The average molecular weight is 370 g/mol. The monoisotopic (exact) mass is 370 g/mol. The summed E-state index contributed by atoms with van der Waals surface area (Å²) in [6.45, 7) is 2.16. The molecular weight excluding hydrogens is 344 g/mol. The van der Waals surface area contributed by atoms with Crippen molar-refractivity contribution in [2.45, 2.75) is 44.4 Å². The van der Waals surface area contributed by atoms with Crippen LogP contribution in [-0.2, 0) is 26.1 Å². The van der Waals surface area contributed by atoms with Crippen molar-refractivity contribution in [2.24, 2.45) is 5.92 Å². The molecule has 0 spiro atoms. The van der Waals surface area contributed by atoms with Crippen LogP contribution in [0.5, 0.6) is 0 Å². The molecule has 2 fully saturated rings. The van der Waals surface area contributed by atoms with E-state index in [4.69, 9.17) is 4.74 Å². The lowest BCUT2D eigenvalue weighted by Crippen LogP contribution is -2.56. The van der Waals surface area contributed by atoms with Gasteiger partial charge in [0.1, 0.15) is 0 Å². The molecule has 0 bridgehead atoms. The van der Waals surface area contributed by atoms with Crippen LogP contribution in [0.15, 0.2) is 18.5 Å². The number of hydrogen-bond acceptors (Lipinski definition) is 5. The van der Waals surface area contributed by atoms with Crippen LogP contribution in [0, 0.1) is 5.92 Å². The molecule has 1 aromatic rings. The number of amides is 1. The molecule has 1 saturated heterocycles. The second-order valence-corrected chi connectivity index (χ2v) is 8.71. The first kappa shape index (κ1) is 18.3. The molecule has 2 aliphatic rings. The van der Waals surface area contributed by atoms with E-state index in [1.165, 1.54) is 10.6 Å². The second kappa shape index (κ2) is 7.84. The van der Waals surface area contributed by atoms with Crippen molar-refractivity contribution in [3.63, 3.8) is 0 Å². The molecule has 1 aliphatic heterocycles. The Morgan fingerprint density at radius 3 is 2.96 bits per heavy atom. The van der Waals surface area contributed by atoms with Crippen molar-refractivity contribution < 1.29 is 17.9 Å². The Kier molecular flexibility index (Phi) is 5.75. The lowest BCUT2D eigenvalue weighted by molar-refractivity contribution is -0.130. The molecule has 1 saturated carbocycles. The van der Waals surface area contributed by atoms with Crippen molar-refractivity contribution in [1.29, 1.82) is 0 Å². The zero-order chi connectivity index (χ0) is 17.9. The minimum absolute atomic E-state index is 0.0120. The first-order valence-electron chi connectivity index (χ1n) is 8.78. The molecule has 0 radical (unpaired) electrons. The van der Waals surface area contributed by atoms with E-state index in [2.05, 4.69) is 10.4 Å². The Balaban J connectivity index is 1.50. The Morgan fingerprint density at radius 2 is 2.24 bits per heavy atom. The number of ether oxygens (including phenoxy) is 1. The van der Waals surface area contributed by atoms with Gasteiger partial charge in [-0.1, -0.05) is 0 Å². The number of morpholine rings is 1. The topological polar surface area (TPSA) is 93.5 Å². The summed E-state index contributed by atoms with van der Waals surface area (Å²) in [5.41, 5.74) is 0. The van der Waals surface area contributed by atoms with Gasteiger partial charge in [0.2, 0.25) is 15.9 Å². The summed E-state index contributed by atoms with van der Waals surface area (Å²) in [6.07, 6.45) is 7.57. The largest absolute Gasteiger partial charge is 0.375 e. The van der Waals surface area contributed by atoms with Crippen LogP contribution in [0.25, 0.3) is 0 Å². The van der Waals surface area contributed by atoms with Gasteiger partial charge in [0.05, 0.1) is 25.0 Å². The number of nitrogens with one attached hydrogen (secondary N) is 1. The molecule has 8 nitrogen and oxygen atoms in total. The number of aryl methyl sites for hydroxylation is 1. The van der Waals surface area contributed by atoms with Crippen LogP contribution in [0.4, 0.5) is 0 Å². The Hall–Kier alpha value is -1.45. The highest BCUT2D eigenvalue weighted by Gasteiger charge is 2.42. The van der Waals surface area contributed by atoms with Gasteiger partial charge in [-0.2, -0.15) is 9.40 Å². The minimum atomic E-state index is -3.28. The van der Waals surface area contributed by atoms with Crippen molar-refractivity contribution >= 4 is 15.9 Å². The third-order valence-corrected chi connectivity index (χ3v) is 6.29. The maximum Gasteiger partial charge on any atom is 0.223 e. The predicted octanol–water partition coefficient (Wildman–Crippen LogP) is 0.219. The van der Waals surface area contributed by atoms with Gasteiger partial charge in [-0.25, -0.2) is 8.42 Å². The van der Waals surface area contributed by atoms with Crippen LogP contribution in [0.3, 0.4) is 0 Å². The number of fused-ring (bicyclic) bond motifs is 1. The van der Waals surface area contributed by atoms with E-state index in [1.807, 2.05) is 16.9 Å². The number of hydrogen-bond donors (Lipinski definition) is 1. The summed E-state index contributed by atoms with van der Waals surface area (Å²) >= 11 is 0. The highest BCUT2D eigenvalue weighted by Crippen LogP contribution is 2.33. The summed E-state index contributed by atoms with van der Waals surface area (Å²) in [5, 5.41) is 7.10. The van der Waals surface area contributed by atoms with Crippen LogP contribution in [0.2, 0.25) is 0 Å². The van der Waals surface area contributed by atoms with Gasteiger partial charge < -0.3 is 10.1 Å². The number of carbonyl (C=O) groups excluding carboxylic acids is 1. The van der Waals surface area contributed by atoms with E-state index in [0.29, 0.717) is 26.1 Å². The molecular formula is C16H26N4O4S. The molecule has 25 heavy (non-hydrogen) atoms. The average Bonchev–Trinajstić information content (AvgIpc) is 3.10. The van der Waals surface area contributed by atoms with Gasteiger partial charge in [0.15, 0.2) is 0 Å². The summed E-state index contributed by atoms with van der Waals surface area (Å²) in [5.74, 6) is -0.144. The molecule has 3 atom stereocenters. The van der Waals surface area contributed by atoms with Crippen molar-refractivity contribution in [3.05, 3.63) is 18.5 Å². The molecule has 140 valence electrons. The van der Waals surface area contributed by atoms with Gasteiger partial charge >= 0.3 is 0 Å². The fourth-order valence-electron chi connectivity index (χ4n) is 3.76. The first-order valence-corrected chi connectivity index (χ1v) is 10.6. The van der Waals surface area contributed by atoms with Crippen molar-refractivity contribution in [2.75, 3.05) is 26.0 Å². The normalized spacial score (nSPS) is 27.6. The lowest BCUT2D eigenvalue weighted by atomic mass is 9.82. The zero-order valence-electron chi connectivity index (χ0n) is 14.5. The predicted molar refractivity (Wildman–Crippen MR) is 92.3 cm³/mol. The SMILES string of the molecule is CS(=O)(=O)N1CCO[C@@H]2CC[C@H](C(=O)NCCCn3cccn3)C[C@H]21. The fraction of sp³-hybridized carbons (Fsp3) is 0.750. The van der Waals surface area contributed by atoms with Crippen molar-refractivity contribution in [1.82, 2.24) is 19.4 Å². The maximum atomic E-state index is 12.4. The van der Waals surface area contributed by atoms with E-state index >= 15 is 0 Å². The highest BCUT2D eigenvalue weighted by molar-refractivity contribution is 7.88. The van der Waals surface area contributed by atoms with Gasteiger partial charge in [-0.15, -0.1) is 0 Å². The number of nitrogens with zero attached hydrogens (tertiary/aromatic N) is 3. The molecule has 3 rings (SSSR count). The van der Waals surface area contributed by atoms with Crippen LogP contribution < -0.4 is 5.32 Å². The molecule has 1 aliphatic carbocycles. The van der Waals surface area contributed by atoms with Gasteiger partial charge in [-0.3, -0.25) is 9.48 Å². The standard InChI is InChI=1S/C16H26N4O4S/c1-25(22,23)20-10-11-24-15-5-4-13(12-14(15)20)16(21)17-6-2-8-19-9-3-7-18-19/h3,7,9,13-15H,2,4-6,8,10-12H2,1H3,(H,17,21)/t13-,14+,15+/m0/s1. The first-order chi connectivity index (χ1) is 11.9. The minimum Gasteiger partial charge on any atom is -0.375 e. The molecule has 1 N–H and O–H groups in total. The molecule has 1 aromatic heterocycles. The summed E-state index contributed by atoms with van der Waals surface area (Å²) in [7, 11) is -3.28. The van der Waals surface area contributed by atoms with Crippen LogP contribution in [0.1, 0.15) is 25.7 Å². The molecule has 1 amide bonds. The quantitative estimate of drug-likeness (QED) is 0.723. The molecule has 0 aromatic carbocycles. The van der Waals surface area contributed by atoms with Gasteiger partial charge in [0.25, 0.3) is 0 Å². The zero-order valence-corrected chi connectivity index (χ0v) is 15.3. The third-order valence-electron chi connectivity index (χ3n) is 4.99. The van der Waals surface area contributed by atoms with E-state index in [0.717, 1.165) is 25.8 Å². The summed E-state index contributed by atoms with van der Waals surface area (Å²) in [6, 6.07) is 1.65. The highest BCUT2D eigenvalue weighted by atomic mass is 32.2. The summed E-state index contributed by atoms with van der Waals surface area (Å²) in [4.78, 5) is 12.4. The Labute approximate surface area is 148 Å². The van der Waals surface area contributed by atoms with Crippen LogP contribution >= 0.6 is 0 Å². The number of carbonyl (C=O) groups is 1. The number of rotatable bonds is 6. The smallest absolute Gasteiger partial charge is 0.223 e. The van der Waals surface area contributed by atoms with E-state index < -0.39 is 10.0 Å². The molecule has 2 heterocycles. The third kappa shape index (κ3) is 4.59. The molecule has 9 heteroatoms. The van der Waals surface area contributed by atoms with E-state index in [1.54, 1.807) is 6.20 Å². The Morgan fingerprint density at radius 1 is 1.40 bits per heavy atom. The van der Waals surface area contributed by atoms with Crippen LogP contribution in [-0.4, -0.2) is 66.5 Å². The van der Waals surface area contributed by atoms with Gasteiger partial charge in [-0.05, 0) is 31.7 Å². The molecule has 0 unspecified atom stereocenters. The van der Waals surface area contributed by atoms with E-state index in [9.17, 15) is 13.2 Å². The van der Waals surface area contributed by atoms with E-state index in [-0.39, 0.29) is 24.0 Å². The van der Waals surface area contributed by atoms with Gasteiger partial charge in [0, 0.05) is 37.9 Å². The Bertz CT molecular complexity index is 676. The second-order valence-electron chi connectivity index (χ2n) is 6.77. The van der Waals surface area contributed by atoms with Crippen molar-refractivity contribution in [3.8, 4) is 0 Å².